The van der Waals surface area contributed by atoms with Crippen molar-refractivity contribution in [3.05, 3.63) is 0 Å². The van der Waals surface area contributed by atoms with Gasteiger partial charge in [-0.3, -0.25) is 4.79 Å². The van der Waals surface area contributed by atoms with Gasteiger partial charge in [0, 0.05) is 18.5 Å². The Morgan fingerprint density at radius 3 is 2.53 bits per heavy atom. The summed E-state index contributed by atoms with van der Waals surface area (Å²) in [6.07, 6.45) is 4.31. The third-order valence-corrected chi connectivity index (χ3v) is 4.03. The second-order valence-corrected chi connectivity index (χ2v) is 6.17. The van der Waals surface area contributed by atoms with E-state index >= 15 is 0 Å². The summed E-state index contributed by atoms with van der Waals surface area (Å²) in [6.45, 7) is 8.98. The summed E-state index contributed by atoms with van der Waals surface area (Å²) in [5.41, 5.74) is 5.24. The number of nitrogens with two attached hydrogens (primary N) is 1. The number of hydrogen-bond donors (Lipinski definition) is 2. The summed E-state index contributed by atoms with van der Waals surface area (Å²) in [6, 6.07) is 0.747. The molecule has 1 amide bonds. The predicted molar refractivity (Wildman–Crippen MR) is 71.5 cm³/mol. The molecule has 0 radical (unpaired) electrons. The molecule has 3 nitrogen and oxygen atoms in total. The number of carbonyl (C=O) groups is 1. The van der Waals surface area contributed by atoms with Crippen molar-refractivity contribution in [2.24, 2.45) is 23.5 Å². The van der Waals surface area contributed by atoms with Crippen LogP contribution >= 0.6 is 0 Å². The lowest BCUT2D eigenvalue weighted by molar-refractivity contribution is -0.118. The van der Waals surface area contributed by atoms with Crippen LogP contribution in [-0.4, -0.2) is 18.0 Å². The fourth-order valence-electron chi connectivity index (χ4n) is 3.12. The van der Waals surface area contributed by atoms with E-state index in [1.54, 1.807) is 0 Å². The molecule has 1 rings (SSSR count). The number of nitrogens with one attached hydrogen (secondary N) is 1. The highest BCUT2D eigenvalue weighted by Crippen LogP contribution is 2.33. The highest BCUT2D eigenvalue weighted by Gasteiger charge is 2.31. The molecule has 100 valence electrons. The van der Waals surface area contributed by atoms with Crippen molar-refractivity contribution in [2.45, 2.75) is 65.5 Å². The van der Waals surface area contributed by atoms with E-state index in [1.165, 1.54) is 19.3 Å². The number of amides is 1. The molecule has 0 heterocycles. The van der Waals surface area contributed by atoms with Crippen molar-refractivity contribution in [1.29, 1.82) is 0 Å². The molecule has 1 fully saturated rings. The van der Waals surface area contributed by atoms with E-state index in [2.05, 4.69) is 33.0 Å². The molecule has 0 aliphatic heterocycles. The van der Waals surface area contributed by atoms with Crippen molar-refractivity contribution >= 4 is 5.91 Å². The Labute approximate surface area is 106 Å². The Balaban J connectivity index is 2.54. The number of carbonyl (C=O) groups excluding carboxylic acids is 1. The van der Waals surface area contributed by atoms with Crippen LogP contribution in [0.15, 0.2) is 0 Å². The van der Waals surface area contributed by atoms with Crippen molar-refractivity contribution in [2.75, 3.05) is 0 Å². The molecule has 0 aromatic carbocycles. The summed E-state index contributed by atoms with van der Waals surface area (Å²) >= 11 is 0. The molecule has 0 saturated heterocycles. The Kier molecular flexibility index (Phi) is 5.44. The molecule has 4 unspecified atom stereocenters. The normalized spacial score (nSPS) is 31.5. The van der Waals surface area contributed by atoms with E-state index < -0.39 is 0 Å². The summed E-state index contributed by atoms with van der Waals surface area (Å²) < 4.78 is 0. The van der Waals surface area contributed by atoms with E-state index in [4.69, 9.17) is 5.73 Å². The highest BCUT2D eigenvalue weighted by molar-refractivity contribution is 5.74. The van der Waals surface area contributed by atoms with E-state index in [0.29, 0.717) is 18.4 Å². The van der Waals surface area contributed by atoms with Gasteiger partial charge in [-0.1, -0.05) is 27.2 Å². The van der Waals surface area contributed by atoms with Crippen LogP contribution in [0.1, 0.15) is 53.4 Å². The highest BCUT2D eigenvalue weighted by atomic mass is 16.1. The van der Waals surface area contributed by atoms with Crippen LogP contribution in [0.4, 0.5) is 0 Å². The summed E-state index contributed by atoms with van der Waals surface area (Å²) in [7, 11) is 0. The van der Waals surface area contributed by atoms with Crippen molar-refractivity contribution in [3.8, 4) is 0 Å². The van der Waals surface area contributed by atoms with Gasteiger partial charge >= 0.3 is 0 Å². The maximum atomic E-state index is 10.9. The summed E-state index contributed by atoms with van der Waals surface area (Å²) in [5, 5.41) is 3.61. The summed E-state index contributed by atoms with van der Waals surface area (Å²) in [5.74, 6) is 2.03. The van der Waals surface area contributed by atoms with Crippen LogP contribution in [0, 0.1) is 17.8 Å². The topological polar surface area (TPSA) is 55.1 Å². The monoisotopic (exact) mass is 240 g/mol. The van der Waals surface area contributed by atoms with Gasteiger partial charge in [-0.15, -0.1) is 0 Å². The molecule has 1 aliphatic rings. The Morgan fingerprint density at radius 1 is 1.35 bits per heavy atom. The number of rotatable bonds is 5. The molecule has 17 heavy (non-hydrogen) atoms. The van der Waals surface area contributed by atoms with Gasteiger partial charge in [-0.2, -0.15) is 0 Å². The second-order valence-electron chi connectivity index (χ2n) is 6.17. The zero-order chi connectivity index (χ0) is 13.0. The van der Waals surface area contributed by atoms with Crippen molar-refractivity contribution in [1.82, 2.24) is 5.32 Å². The van der Waals surface area contributed by atoms with Crippen molar-refractivity contribution in [3.63, 3.8) is 0 Å². The van der Waals surface area contributed by atoms with Gasteiger partial charge in [0.2, 0.25) is 5.91 Å². The predicted octanol–water partition coefficient (Wildman–Crippen LogP) is 2.30. The van der Waals surface area contributed by atoms with Gasteiger partial charge in [-0.25, -0.2) is 0 Å². The first kappa shape index (κ1) is 14.5. The largest absolute Gasteiger partial charge is 0.370 e. The number of primary amides is 1. The molecule has 0 bridgehead atoms. The standard InChI is InChI=1S/C14H28N2O/c1-9(2)12-6-5-10(3)7-13(12)16-11(4)8-14(15)17/h9-13,16H,5-8H2,1-4H3,(H2,15,17). The van der Waals surface area contributed by atoms with Crippen LogP contribution in [0.2, 0.25) is 0 Å². The lowest BCUT2D eigenvalue weighted by Gasteiger charge is -2.39. The maximum absolute atomic E-state index is 10.9. The zero-order valence-corrected chi connectivity index (χ0v) is 11.7. The molecule has 1 saturated carbocycles. The van der Waals surface area contributed by atoms with Gasteiger partial charge in [-0.05, 0) is 37.5 Å². The molecule has 1 aliphatic carbocycles. The molecule has 0 spiro atoms. The first-order chi connectivity index (χ1) is 7.90. The van der Waals surface area contributed by atoms with Crippen LogP contribution in [-0.2, 0) is 4.79 Å². The van der Waals surface area contributed by atoms with Gasteiger partial charge in [0.15, 0.2) is 0 Å². The molecular formula is C14H28N2O. The fourth-order valence-corrected chi connectivity index (χ4v) is 3.12. The Bertz CT molecular complexity index is 253. The minimum atomic E-state index is -0.213. The van der Waals surface area contributed by atoms with E-state index in [9.17, 15) is 4.79 Å². The average Bonchev–Trinajstić information content (AvgIpc) is 2.15. The summed E-state index contributed by atoms with van der Waals surface area (Å²) in [4.78, 5) is 10.9. The van der Waals surface area contributed by atoms with Gasteiger partial charge in [0.25, 0.3) is 0 Å². The zero-order valence-electron chi connectivity index (χ0n) is 11.7. The Hall–Kier alpha value is -0.570. The average molecular weight is 240 g/mol. The first-order valence-electron chi connectivity index (χ1n) is 6.94. The van der Waals surface area contributed by atoms with Crippen LogP contribution in [0.3, 0.4) is 0 Å². The van der Waals surface area contributed by atoms with Gasteiger partial charge < -0.3 is 11.1 Å². The molecule has 0 aromatic rings. The second kappa shape index (κ2) is 6.39. The number of hydrogen-bond acceptors (Lipinski definition) is 2. The lowest BCUT2D eigenvalue weighted by Crippen LogP contribution is -2.47. The Morgan fingerprint density at radius 2 is 2.00 bits per heavy atom. The maximum Gasteiger partial charge on any atom is 0.218 e. The SMILES string of the molecule is CC1CCC(C(C)C)C(NC(C)CC(N)=O)C1. The van der Waals surface area contributed by atoms with Crippen LogP contribution in [0.25, 0.3) is 0 Å². The van der Waals surface area contributed by atoms with Crippen LogP contribution in [0.5, 0.6) is 0 Å². The quantitative estimate of drug-likeness (QED) is 0.774. The van der Waals surface area contributed by atoms with Crippen molar-refractivity contribution < 1.29 is 4.79 Å². The van der Waals surface area contributed by atoms with E-state index in [1.807, 2.05) is 0 Å². The van der Waals surface area contributed by atoms with Crippen LogP contribution < -0.4 is 11.1 Å². The molecule has 4 atom stereocenters. The van der Waals surface area contributed by atoms with E-state index in [0.717, 1.165) is 11.8 Å². The minimum absolute atomic E-state index is 0.198. The lowest BCUT2D eigenvalue weighted by atomic mass is 9.74. The minimum Gasteiger partial charge on any atom is -0.370 e. The third-order valence-electron chi connectivity index (χ3n) is 4.03. The molecule has 3 N–H and O–H groups in total. The molecule has 0 aromatic heterocycles. The van der Waals surface area contributed by atoms with Gasteiger partial charge in [0.1, 0.15) is 0 Å². The van der Waals surface area contributed by atoms with E-state index in [-0.39, 0.29) is 11.9 Å². The molecule has 3 heteroatoms. The third kappa shape index (κ3) is 4.66. The smallest absolute Gasteiger partial charge is 0.218 e. The first-order valence-corrected chi connectivity index (χ1v) is 6.94. The fraction of sp³-hybridized carbons (Fsp3) is 0.929. The van der Waals surface area contributed by atoms with Gasteiger partial charge in [0.05, 0.1) is 0 Å². The molecular weight excluding hydrogens is 212 g/mol.